The van der Waals surface area contributed by atoms with Gasteiger partial charge >= 0.3 is 12.3 Å². The zero-order valence-corrected chi connectivity index (χ0v) is 18.4. The Bertz CT molecular complexity index is 1120. The van der Waals surface area contributed by atoms with Gasteiger partial charge in [0.1, 0.15) is 11.6 Å². The summed E-state index contributed by atoms with van der Waals surface area (Å²) < 4.78 is 35.3. The molecule has 4 atom stereocenters. The molecule has 1 heterocycles. The van der Waals surface area contributed by atoms with Crippen LogP contribution in [-0.4, -0.2) is 28.9 Å². The molecule has 1 fully saturated rings. The number of halogens is 3. The number of ketones is 2. The van der Waals surface area contributed by atoms with Crippen molar-refractivity contribution in [3.05, 3.63) is 58.6 Å². The number of benzene rings is 2. The highest BCUT2D eigenvalue weighted by atomic mass is 35.5. The molecule has 2 aromatic rings. The highest BCUT2D eigenvalue weighted by molar-refractivity contribution is 6.30. The van der Waals surface area contributed by atoms with Crippen LogP contribution < -0.4 is 9.47 Å². The highest BCUT2D eigenvalue weighted by Crippen LogP contribution is 2.44. The first-order chi connectivity index (χ1) is 15.6. The lowest BCUT2D eigenvalue weighted by Crippen LogP contribution is -2.55. The van der Waals surface area contributed by atoms with Crippen LogP contribution in [0.1, 0.15) is 36.8 Å². The number of carboxylic acid groups (broad SMARTS) is 1. The standard InChI is InChI=1S/C24H21ClF2O6/c1-12(14-6-8-18-19(11-14)33-24(26,27)32-18)9-17(28)21-20(23(30)31)16(22(21)29)7-5-13-3-2-4-15(25)10-13/h2-4,6,8,10-12,16,20-21H,5,7,9H2,1H3,(H,30,31)/t12-,16+,20+,21?/m0/s1. The maximum Gasteiger partial charge on any atom is 0.586 e. The number of carbonyl (C=O) groups is 3. The number of hydrogen-bond acceptors (Lipinski definition) is 5. The van der Waals surface area contributed by atoms with E-state index in [2.05, 4.69) is 9.47 Å². The van der Waals surface area contributed by atoms with Gasteiger partial charge in [-0.1, -0.05) is 36.7 Å². The summed E-state index contributed by atoms with van der Waals surface area (Å²) in [6.07, 6.45) is -3.06. The third-order valence-electron chi connectivity index (χ3n) is 6.23. The minimum atomic E-state index is -3.74. The van der Waals surface area contributed by atoms with Crippen molar-refractivity contribution in [1.29, 1.82) is 0 Å². The smallest absolute Gasteiger partial charge is 0.481 e. The van der Waals surface area contributed by atoms with E-state index in [-0.39, 0.29) is 23.7 Å². The van der Waals surface area contributed by atoms with E-state index in [9.17, 15) is 28.3 Å². The van der Waals surface area contributed by atoms with E-state index in [1.165, 1.54) is 18.2 Å². The van der Waals surface area contributed by atoms with E-state index in [0.29, 0.717) is 23.4 Å². The van der Waals surface area contributed by atoms with Gasteiger partial charge in [0.2, 0.25) is 0 Å². The van der Waals surface area contributed by atoms with Crippen LogP contribution in [0.15, 0.2) is 42.5 Å². The largest absolute Gasteiger partial charge is 0.586 e. The SMILES string of the molecule is C[C@@H](CC(=O)C1C(=O)[C@H](CCc2cccc(Cl)c2)[C@H]1C(=O)O)c1ccc2c(c1)OC(F)(F)O2. The van der Waals surface area contributed by atoms with Gasteiger partial charge in [-0.2, -0.15) is 0 Å². The van der Waals surface area contributed by atoms with Crippen LogP contribution in [0.2, 0.25) is 5.02 Å². The summed E-state index contributed by atoms with van der Waals surface area (Å²) in [6.45, 7) is 1.70. The Morgan fingerprint density at radius 1 is 1.15 bits per heavy atom. The molecule has 0 saturated heterocycles. The number of hydrogen-bond donors (Lipinski definition) is 1. The van der Waals surface area contributed by atoms with E-state index < -0.39 is 41.7 Å². The molecular weight excluding hydrogens is 458 g/mol. The quantitative estimate of drug-likeness (QED) is 0.544. The second-order valence-corrected chi connectivity index (χ2v) is 8.90. The molecule has 2 aromatic carbocycles. The van der Waals surface area contributed by atoms with E-state index in [1.54, 1.807) is 25.1 Å². The molecule has 33 heavy (non-hydrogen) atoms. The molecule has 0 aromatic heterocycles. The van der Waals surface area contributed by atoms with Crippen molar-refractivity contribution < 1.29 is 37.7 Å². The average molecular weight is 479 g/mol. The van der Waals surface area contributed by atoms with Gasteiger partial charge in [0.25, 0.3) is 0 Å². The van der Waals surface area contributed by atoms with Crippen molar-refractivity contribution in [3.63, 3.8) is 0 Å². The van der Waals surface area contributed by atoms with E-state index in [1.807, 2.05) is 6.07 Å². The van der Waals surface area contributed by atoms with Crippen LogP contribution in [0.5, 0.6) is 11.5 Å². The first-order valence-corrected chi connectivity index (χ1v) is 10.9. The molecular formula is C24H21ClF2O6. The number of ether oxygens (including phenoxy) is 2. The second kappa shape index (κ2) is 8.74. The van der Waals surface area contributed by atoms with Gasteiger partial charge in [-0.25, -0.2) is 0 Å². The number of alkyl halides is 2. The van der Waals surface area contributed by atoms with E-state index >= 15 is 0 Å². The summed E-state index contributed by atoms with van der Waals surface area (Å²) in [7, 11) is 0. The Balaban J connectivity index is 1.40. The summed E-state index contributed by atoms with van der Waals surface area (Å²) in [5.74, 6) is -5.71. The maximum absolute atomic E-state index is 13.2. The predicted octanol–water partition coefficient (Wildman–Crippen LogP) is 4.87. The van der Waals surface area contributed by atoms with E-state index in [0.717, 1.165) is 5.56 Å². The molecule has 1 N–H and O–H groups in total. The summed E-state index contributed by atoms with van der Waals surface area (Å²) in [4.78, 5) is 37.4. The fourth-order valence-corrected chi connectivity index (χ4v) is 4.74. The lowest BCUT2D eigenvalue weighted by molar-refractivity contribution is -0.286. The molecule has 0 spiro atoms. The summed E-state index contributed by atoms with van der Waals surface area (Å²) >= 11 is 5.97. The molecule has 1 aliphatic carbocycles. The predicted molar refractivity (Wildman–Crippen MR) is 114 cm³/mol. The lowest BCUT2D eigenvalue weighted by Gasteiger charge is -2.39. The number of rotatable bonds is 8. The van der Waals surface area contributed by atoms with Gasteiger partial charge in [-0.05, 0) is 54.2 Å². The van der Waals surface area contributed by atoms with Gasteiger partial charge in [0.15, 0.2) is 11.5 Å². The van der Waals surface area contributed by atoms with Gasteiger partial charge in [0, 0.05) is 17.4 Å². The Morgan fingerprint density at radius 3 is 2.58 bits per heavy atom. The molecule has 4 rings (SSSR count). The molecule has 6 nitrogen and oxygen atoms in total. The zero-order valence-electron chi connectivity index (χ0n) is 17.6. The van der Waals surface area contributed by atoms with Gasteiger partial charge in [-0.3, -0.25) is 14.4 Å². The number of Topliss-reactive ketones (excluding diaryl/α,β-unsaturated/α-hetero) is 2. The monoisotopic (exact) mass is 478 g/mol. The topological polar surface area (TPSA) is 89.9 Å². The Morgan fingerprint density at radius 2 is 1.88 bits per heavy atom. The van der Waals surface area contributed by atoms with Crippen molar-refractivity contribution in [1.82, 2.24) is 0 Å². The minimum Gasteiger partial charge on any atom is -0.481 e. The Hall–Kier alpha value is -3.00. The number of fused-ring (bicyclic) bond motifs is 1. The van der Waals surface area contributed by atoms with Crippen LogP contribution in [-0.2, 0) is 20.8 Å². The lowest BCUT2D eigenvalue weighted by atomic mass is 9.59. The van der Waals surface area contributed by atoms with Crippen LogP contribution in [0.4, 0.5) is 8.78 Å². The molecule has 1 aliphatic heterocycles. The normalized spacial score (nSPS) is 23.6. The van der Waals surface area contributed by atoms with Crippen molar-refractivity contribution in [3.8, 4) is 11.5 Å². The van der Waals surface area contributed by atoms with Crippen molar-refractivity contribution in [2.75, 3.05) is 0 Å². The molecule has 2 aliphatic rings. The number of carbonyl (C=O) groups excluding carboxylic acids is 2. The number of aryl methyl sites for hydroxylation is 1. The third kappa shape index (κ3) is 4.71. The minimum absolute atomic E-state index is 0.1000. The van der Waals surface area contributed by atoms with Gasteiger partial charge < -0.3 is 14.6 Å². The zero-order chi connectivity index (χ0) is 23.9. The third-order valence-corrected chi connectivity index (χ3v) is 6.47. The van der Waals surface area contributed by atoms with Gasteiger partial charge in [0.05, 0.1) is 11.8 Å². The van der Waals surface area contributed by atoms with E-state index in [4.69, 9.17) is 11.6 Å². The van der Waals surface area contributed by atoms with Gasteiger partial charge in [-0.15, -0.1) is 8.78 Å². The first-order valence-electron chi connectivity index (χ1n) is 10.5. The fraction of sp³-hybridized carbons (Fsp3) is 0.375. The summed E-state index contributed by atoms with van der Waals surface area (Å²) in [5.41, 5.74) is 1.43. The van der Waals surface area contributed by atoms with Crippen LogP contribution >= 0.6 is 11.6 Å². The molecule has 0 bridgehead atoms. The summed E-state index contributed by atoms with van der Waals surface area (Å²) in [5, 5.41) is 10.2. The van der Waals surface area contributed by atoms with Crippen LogP contribution in [0.25, 0.3) is 0 Å². The molecule has 1 saturated carbocycles. The Kier molecular flexibility index (Phi) is 6.14. The molecule has 9 heteroatoms. The molecule has 1 unspecified atom stereocenters. The Labute approximate surface area is 193 Å². The molecule has 174 valence electrons. The highest BCUT2D eigenvalue weighted by Gasteiger charge is 2.56. The number of carboxylic acids is 1. The van der Waals surface area contributed by atoms with Crippen molar-refractivity contribution >= 4 is 29.1 Å². The maximum atomic E-state index is 13.2. The fourth-order valence-electron chi connectivity index (χ4n) is 4.53. The molecule has 0 radical (unpaired) electrons. The first kappa shape index (κ1) is 23.2. The number of aliphatic carboxylic acids is 1. The van der Waals surface area contributed by atoms with Crippen LogP contribution in [0.3, 0.4) is 0 Å². The summed E-state index contributed by atoms with van der Waals surface area (Å²) in [6, 6.07) is 11.3. The van der Waals surface area contributed by atoms with Crippen LogP contribution in [0, 0.1) is 17.8 Å². The second-order valence-electron chi connectivity index (χ2n) is 8.46. The van der Waals surface area contributed by atoms with Crippen molar-refractivity contribution in [2.45, 2.75) is 38.4 Å². The average Bonchev–Trinajstić information content (AvgIpc) is 3.04. The molecule has 0 amide bonds. The van der Waals surface area contributed by atoms with Crippen molar-refractivity contribution in [2.24, 2.45) is 17.8 Å².